The van der Waals surface area contributed by atoms with Crippen molar-refractivity contribution >= 4 is 40.6 Å². The first kappa shape index (κ1) is 22.4. The van der Waals surface area contributed by atoms with Gasteiger partial charge in [-0.05, 0) is 69.3 Å². The van der Waals surface area contributed by atoms with E-state index in [9.17, 15) is 4.79 Å². The Morgan fingerprint density at radius 1 is 1.21 bits per heavy atom. The molecule has 1 aliphatic rings. The molecule has 0 unspecified atom stereocenters. The Morgan fingerprint density at radius 2 is 1.97 bits per heavy atom. The van der Waals surface area contributed by atoms with Crippen LogP contribution in [-0.2, 0) is 6.42 Å². The Morgan fingerprint density at radius 3 is 2.66 bits per heavy atom. The van der Waals surface area contributed by atoms with Crippen molar-refractivity contribution in [3.63, 3.8) is 0 Å². The number of carbonyl (C=O) groups is 1. The van der Waals surface area contributed by atoms with Crippen LogP contribution in [0.25, 0.3) is 10.4 Å². The molecule has 3 rings (SSSR count). The van der Waals surface area contributed by atoms with E-state index >= 15 is 0 Å². The molecule has 7 heteroatoms. The summed E-state index contributed by atoms with van der Waals surface area (Å²) >= 11 is 14.7. The van der Waals surface area contributed by atoms with Crippen LogP contribution in [0.1, 0.15) is 31.2 Å². The predicted octanol–water partition coefficient (Wildman–Crippen LogP) is 5.78. The summed E-state index contributed by atoms with van der Waals surface area (Å²) in [5, 5.41) is 6.35. The van der Waals surface area contributed by atoms with Crippen LogP contribution in [0.15, 0.2) is 29.6 Å². The van der Waals surface area contributed by atoms with Crippen molar-refractivity contribution in [3.8, 4) is 10.4 Å². The number of nitrogens with one attached hydrogen (secondary N) is 1. The second kappa shape index (κ2) is 10.7. The fourth-order valence-electron chi connectivity index (χ4n) is 3.71. The number of likely N-dealkylation sites (tertiary alicyclic amines) is 1. The average Bonchev–Trinajstić information content (AvgIpc) is 3.25. The van der Waals surface area contributed by atoms with Crippen molar-refractivity contribution in [2.45, 2.75) is 38.1 Å². The van der Waals surface area contributed by atoms with E-state index in [2.05, 4.69) is 23.3 Å². The van der Waals surface area contributed by atoms with Gasteiger partial charge in [-0.25, -0.2) is 4.79 Å². The third-order valence-electron chi connectivity index (χ3n) is 5.65. The summed E-state index contributed by atoms with van der Waals surface area (Å²) in [4.78, 5) is 17.7. The van der Waals surface area contributed by atoms with Gasteiger partial charge in [-0.3, -0.25) is 0 Å². The van der Waals surface area contributed by atoms with Crippen LogP contribution >= 0.6 is 34.5 Å². The van der Waals surface area contributed by atoms with Crippen LogP contribution in [0.2, 0.25) is 10.0 Å². The van der Waals surface area contributed by atoms with E-state index < -0.39 is 0 Å². The van der Waals surface area contributed by atoms with Gasteiger partial charge in [0.15, 0.2) is 0 Å². The van der Waals surface area contributed by atoms with Crippen LogP contribution in [0.3, 0.4) is 0 Å². The van der Waals surface area contributed by atoms with Crippen molar-refractivity contribution < 1.29 is 4.79 Å². The van der Waals surface area contributed by atoms with Crippen molar-refractivity contribution in [1.29, 1.82) is 0 Å². The van der Waals surface area contributed by atoms with Gasteiger partial charge in [-0.15, -0.1) is 11.3 Å². The lowest BCUT2D eigenvalue weighted by molar-refractivity contribution is 0.148. The van der Waals surface area contributed by atoms with E-state index in [4.69, 9.17) is 23.2 Å². The maximum Gasteiger partial charge on any atom is 0.317 e. The Balaban J connectivity index is 1.41. The van der Waals surface area contributed by atoms with Crippen LogP contribution in [0.5, 0.6) is 0 Å². The molecule has 0 aliphatic carbocycles. The van der Waals surface area contributed by atoms with Crippen molar-refractivity contribution in [2.75, 3.05) is 33.7 Å². The van der Waals surface area contributed by atoms with Gasteiger partial charge in [0.05, 0.1) is 10.0 Å². The number of nitrogens with zero attached hydrogens (tertiary/aromatic N) is 2. The second-order valence-electron chi connectivity index (χ2n) is 7.71. The highest BCUT2D eigenvalue weighted by Crippen LogP contribution is 2.38. The molecule has 2 aromatic rings. The number of aryl methyl sites for hydroxylation is 1. The predicted molar refractivity (Wildman–Crippen MR) is 124 cm³/mol. The number of urea groups is 1. The molecular formula is C22H29Cl2N3OS. The Kier molecular flexibility index (Phi) is 8.25. The number of carbonyl (C=O) groups excluding carboxylic acids is 1. The first-order valence-corrected chi connectivity index (χ1v) is 11.8. The molecule has 1 aromatic heterocycles. The molecule has 0 radical (unpaired) electrons. The molecule has 29 heavy (non-hydrogen) atoms. The molecule has 1 N–H and O–H groups in total. The van der Waals surface area contributed by atoms with Gasteiger partial charge in [-0.1, -0.05) is 41.4 Å². The fraction of sp³-hybridized carbons (Fsp3) is 0.500. The molecule has 1 fully saturated rings. The molecule has 2 amide bonds. The van der Waals surface area contributed by atoms with Gasteiger partial charge in [0.2, 0.25) is 0 Å². The molecule has 1 aliphatic heterocycles. The SMILES string of the molecule is CN1CCC(N(C)C(=O)NCCCCc2ccc(-c3cccs3)c(Cl)c2Cl)CC1. The molecule has 0 spiro atoms. The topological polar surface area (TPSA) is 35.6 Å². The van der Waals surface area contributed by atoms with E-state index in [1.165, 1.54) is 0 Å². The van der Waals surface area contributed by atoms with Gasteiger partial charge in [0, 0.05) is 30.1 Å². The summed E-state index contributed by atoms with van der Waals surface area (Å²) in [5.74, 6) is 0. The summed E-state index contributed by atoms with van der Waals surface area (Å²) in [5.41, 5.74) is 2.05. The number of piperidine rings is 1. The lowest BCUT2D eigenvalue weighted by Gasteiger charge is -2.35. The normalized spacial score (nSPS) is 15.4. The standard InChI is InChI=1S/C22H29Cl2N3OS/c1-26-13-10-17(11-14-26)27(2)22(28)25-12-4-3-6-16-8-9-18(21(24)20(16)23)19-7-5-15-29-19/h5,7-9,15,17H,3-4,6,10-14H2,1-2H3,(H,25,28). The average molecular weight is 454 g/mol. The molecule has 0 atom stereocenters. The zero-order chi connectivity index (χ0) is 20.8. The van der Waals surface area contributed by atoms with Gasteiger partial charge >= 0.3 is 6.03 Å². The minimum absolute atomic E-state index is 0.0286. The van der Waals surface area contributed by atoms with E-state index in [0.29, 0.717) is 22.6 Å². The van der Waals surface area contributed by atoms with Crippen molar-refractivity contribution in [3.05, 3.63) is 45.3 Å². The maximum absolute atomic E-state index is 12.4. The minimum Gasteiger partial charge on any atom is -0.338 e. The van der Waals surface area contributed by atoms with Crippen LogP contribution in [0.4, 0.5) is 4.79 Å². The van der Waals surface area contributed by atoms with Gasteiger partial charge < -0.3 is 15.1 Å². The van der Waals surface area contributed by atoms with Crippen LogP contribution in [0, 0.1) is 0 Å². The van der Waals surface area contributed by atoms with Gasteiger partial charge in [0.25, 0.3) is 0 Å². The number of unbranched alkanes of at least 4 members (excludes halogenated alkanes) is 1. The largest absolute Gasteiger partial charge is 0.338 e. The van der Waals surface area contributed by atoms with Crippen molar-refractivity contribution in [1.82, 2.24) is 15.1 Å². The molecule has 2 heterocycles. The number of benzene rings is 1. The first-order chi connectivity index (χ1) is 14.0. The third kappa shape index (κ3) is 5.88. The summed E-state index contributed by atoms with van der Waals surface area (Å²) in [6.45, 7) is 2.78. The Labute approximate surface area is 187 Å². The summed E-state index contributed by atoms with van der Waals surface area (Å²) in [7, 11) is 4.04. The minimum atomic E-state index is 0.0286. The summed E-state index contributed by atoms with van der Waals surface area (Å²) in [6.07, 6.45) is 4.80. The fourth-order valence-corrected chi connectivity index (χ4v) is 5.07. The molecule has 4 nitrogen and oxygen atoms in total. The van der Waals surface area contributed by atoms with E-state index in [0.717, 1.165) is 61.2 Å². The van der Waals surface area contributed by atoms with Crippen LogP contribution < -0.4 is 5.32 Å². The van der Waals surface area contributed by atoms with Gasteiger partial charge in [-0.2, -0.15) is 0 Å². The van der Waals surface area contributed by atoms with E-state index in [-0.39, 0.29) is 6.03 Å². The second-order valence-corrected chi connectivity index (χ2v) is 9.42. The number of hydrogen-bond acceptors (Lipinski definition) is 3. The quantitative estimate of drug-likeness (QED) is 0.539. The number of rotatable bonds is 7. The lowest BCUT2D eigenvalue weighted by atomic mass is 10.0. The zero-order valence-electron chi connectivity index (χ0n) is 17.1. The molecule has 1 aromatic carbocycles. The van der Waals surface area contributed by atoms with E-state index in [1.807, 2.05) is 35.5 Å². The Bertz CT molecular complexity index is 805. The molecule has 0 saturated carbocycles. The third-order valence-corrected chi connectivity index (χ3v) is 7.48. The molecule has 1 saturated heterocycles. The maximum atomic E-state index is 12.4. The Hall–Kier alpha value is -1.27. The lowest BCUT2D eigenvalue weighted by Crippen LogP contribution is -2.48. The number of hydrogen-bond donors (Lipinski definition) is 1. The first-order valence-electron chi connectivity index (χ1n) is 10.2. The van der Waals surface area contributed by atoms with Crippen LogP contribution in [-0.4, -0.2) is 55.6 Å². The number of amides is 2. The number of halogens is 2. The summed E-state index contributed by atoms with van der Waals surface area (Å²) in [6, 6.07) is 8.54. The highest BCUT2D eigenvalue weighted by molar-refractivity contribution is 7.13. The van der Waals surface area contributed by atoms with Crippen molar-refractivity contribution in [2.24, 2.45) is 0 Å². The molecule has 0 bridgehead atoms. The monoisotopic (exact) mass is 453 g/mol. The zero-order valence-corrected chi connectivity index (χ0v) is 19.4. The van der Waals surface area contributed by atoms with Gasteiger partial charge in [0.1, 0.15) is 0 Å². The highest BCUT2D eigenvalue weighted by atomic mass is 35.5. The highest BCUT2D eigenvalue weighted by Gasteiger charge is 2.23. The van der Waals surface area contributed by atoms with E-state index in [1.54, 1.807) is 11.3 Å². The molecular weight excluding hydrogens is 425 g/mol. The summed E-state index contributed by atoms with van der Waals surface area (Å²) < 4.78 is 0. The smallest absolute Gasteiger partial charge is 0.317 e. The number of thiophene rings is 1. The molecule has 158 valence electrons.